The smallest absolute Gasteiger partial charge is 0.255 e. The molecule has 1 saturated carbocycles. The van der Waals surface area contributed by atoms with Gasteiger partial charge in [-0.15, -0.1) is 0 Å². The lowest BCUT2D eigenvalue weighted by atomic mass is 10.1. The second-order valence-electron chi connectivity index (χ2n) is 7.07. The van der Waals surface area contributed by atoms with Crippen LogP contribution in [0, 0.1) is 11.3 Å². The summed E-state index contributed by atoms with van der Waals surface area (Å²) in [5.74, 6) is 0.389. The molecule has 1 aromatic carbocycles. The number of benzene rings is 1. The highest BCUT2D eigenvalue weighted by molar-refractivity contribution is 6.31. The lowest BCUT2D eigenvalue weighted by molar-refractivity contribution is 0.0937. The molecule has 144 valence electrons. The number of halogens is 1. The van der Waals surface area contributed by atoms with Crippen LogP contribution in [0.25, 0.3) is 11.2 Å². The number of H-pyrrole nitrogens is 1. The van der Waals surface area contributed by atoms with Gasteiger partial charge >= 0.3 is 0 Å². The summed E-state index contributed by atoms with van der Waals surface area (Å²) < 4.78 is 0. The summed E-state index contributed by atoms with van der Waals surface area (Å²) in [7, 11) is 1.77. The number of hydrogen-bond acceptors (Lipinski definition) is 5. The summed E-state index contributed by atoms with van der Waals surface area (Å²) in [4.78, 5) is 24.6. The lowest BCUT2D eigenvalue weighted by Crippen LogP contribution is -2.33. The van der Waals surface area contributed by atoms with Crippen LogP contribution in [0.1, 0.15) is 41.4 Å². The Bertz CT molecular complexity index is 1070. The summed E-state index contributed by atoms with van der Waals surface area (Å²) in [6.07, 6.45) is 5.47. The van der Waals surface area contributed by atoms with Crippen molar-refractivity contribution in [1.82, 2.24) is 20.3 Å². The second-order valence-corrected chi connectivity index (χ2v) is 7.51. The number of rotatable bonds is 6. The van der Waals surface area contributed by atoms with Crippen molar-refractivity contribution >= 4 is 40.1 Å². The summed E-state index contributed by atoms with van der Waals surface area (Å²) in [6.45, 7) is 2.02. The van der Waals surface area contributed by atoms with E-state index in [1.807, 2.05) is 6.92 Å². The summed E-state index contributed by atoms with van der Waals surface area (Å²) in [6, 6.07) is 5.39. The number of anilines is 1. The second kappa shape index (κ2) is 7.24. The van der Waals surface area contributed by atoms with Gasteiger partial charge in [0.05, 0.1) is 17.5 Å². The molecule has 1 aliphatic carbocycles. The molecular formula is C20H21ClN6O. The van der Waals surface area contributed by atoms with E-state index in [4.69, 9.17) is 17.0 Å². The van der Waals surface area contributed by atoms with Gasteiger partial charge < -0.3 is 15.6 Å². The maximum Gasteiger partial charge on any atom is 0.255 e. The number of hydrogen-bond donors (Lipinski definition) is 4. The SMILES string of the molecule is CNc1cc(Cl)ccc1C(=N)c1cnc2[nH]cc(C(=O)N[C@H](C)C3CC3)c2n1. The van der Waals surface area contributed by atoms with E-state index in [0.29, 0.717) is 38.9 Å². The van der Waals surface area contributed by atoms with Gasteiger partial charge in [0.1, 0.15) is 11.2 Å². The summed E-state index contributed by atoms with van der Waals surface area (Å²) in [5.41, 5.74) is 3.39. The van der Waals surface area contributed by atoms with Crippen LogP contribution < -0.4 is 10.6 Å². The lowest BCUT2D eigenvalue weighted by Gasteiger charge is -2.12. The predicted octanol–water partition coefficient (Wildman–Crippen LogP) is 3.60. The van der Waals surface area contributed by atoms with E-state index < -0.39 is 0 Å². The molecular weight excluding hydrogens is 376 g/mol. The van der Waals surface area contributed by atoms with Crippen molar-refractivity contribution in [2.75, 3.05) is 12.4 Å². The van der Waals surface area contributed by atoms with Crippen LogP contribution in [0.5, 0.6) is 0 Å². The molecule has 0 aliphatic heterocycles. The number of aromatic amines is 1. The number of fused-ring (bicyclic) bond motifs is 1. The fourth-order valence-corrected chi connectivity index (χ4v) is 3.43. The Hall–Kier alpha value is -2.93. The first kappa shape index (κ1) is 18.4. The van der Waals surface area contributed by atoms with Crippen LogP contribution in [0.15, 0.2) is 30.6 Å². The zero-order chi connectivity index (χ0) is 19.8. The first-order valence-electron chi connectivity index (χ1n) is 9.19. The van der Waals surface area contributed by atoms with Crippen molar-refractivity contribution in [3.8, 4) is 0 Å². The van der Waals surface area contributed by atoms with Crippen molar-refractivity contribution < 1.29 is 4.79 Å². The van der Waals surface area contributed by atoms with Crippen LogP contribution in [0.4, 0.5) is 5.69 Å². The molecule has 2 aromatic heterocycles. The van der Waals surface area contributed by atoms with E-state index in [9.17, 15) is 4.79 Å². The molecule has 28 heavy (non-hydrogen) atoms. The molecule has 0 bridgehead atoms. The molecule has 3 aromatic rings. The average molecular weight is 397 g/mol. The Morgan fingerprint density at radius 2 is 2.14 bits per heavy atom. The van der Waals surface area contributed by atoms with Crippen molar-refractivity contribution in [1.29, 1.82) is 5.41 Å². The topological polar surface area (TPSA) is 107 Å². The highest BCUT2D eigenvalue weighted by Crippen LogP contribution is 2.32. The summed E-state index contributed by atoms with van der Waals surface area (Å²) in [5, 5.41) is 15.2. The molecule has 4 rings (SSSR count). The fraction of sp³-hybridized carbons (Fsp3) is 0.300. The molecule has 0 saturated heterocycles. The number of carbonyl (C=O) groups is 1. The molecule has 1 fully saturated rings. The van der Waals surface area contributed by atoms with Crippen molar-refractivity contribution in [2.24, 2.45) is 5.92 Å². The zero-order valence-electron chi connectivity index (χ0n) is 15.6. The zero-order valence-corrected chi connectivity index (χ0v) is 16.4. The van der Waals surface area contributed by atoms with E-state index in [1.54, 1.807) is 31.4 Å². The standard InChI is InChI=1S/C20H21ClN6O/c1-10(11-3-4-11)26-20(28)14-8-24-19-18(14)27-16(9-25-19)17(22)13-6-5-12(21)7-15(13)23-2/h5-11,22-23H,3-4H2,1-2H3,(H,24,25)(H,26,28)/t10-/m1/s1. The summed E-state index contributed by atoms with van der Waals surface area (Å²) >= 11 is 6.05. The molecule has 2 heterocycles. The van der Waals surface area contributed by atoms with Crippen LogP contribution in [0.2, 0.25) is 5.02 Å². The Kier molecular flexibility index (Phi) is 4.77. The van der Waals surface area contributed by atoms with Crippen molar-refractivity contribution in [3.63, 3.8) is 0 Å². The van der Waals surface area contributed by atoms with Gasteiger partial charge in [0.15, 0.2) is 5.65 Å². The number of nitrogens with one attached hydrogen (secondary N) is 4. The third-order valence-electron chi connectivity index (χ3n) is 5.09. The highest BCUT2D eigenvalue weighted by Gasteiger charge is 2.29. The molecule has 0 unspecified atom stereocenters. The Labute approximate surface area is 167 Å². The predicted molar refractivity (Wildman–Crippen MR) is 110 cm³/mol. The van der Waals surface area contributed by atoms with Gasteiger partial charge in [0, 0.05) is 35.6 Å². The number of carbonyl (C=O) groups excluding carboxylic acids is 1. The normalized spacial score (nSPS) is 14.7. The van der Waals surface area contributed by atoms with Crippen LogP contribution in [0.3, 0.4) is 0 Å². The van der Waals surface area contributed by atoms with Gasteiger partial charge in [-0.3, -0.25) is 10.2 Å². The molecule has 1 atom stereocenters. The third-order valence-corrected chi connectivity index (χ3v) is 5.32. The van der Waals surface area contributed by atoms with E-state index in [1.165, 1.54) is 6.20 Å². The van der Waals surface area contributed by atoms with Crippen LogP contribution in [-0.2, 0) is 0 Å². The van der Waals surface area contributed by atoms with E-state index in [-0.39, 0.29) is 17.7 Å². The molecule has 4 N–H and O–H groups in total. The fourth-order valence-electron chi connectivity index (χ4n) is 3.26. The van der Waals surface area contributed by atoms with Crippen LogP contribution >= 0.6 is 11.6 Å². The van der Waals surface area contributed by atoms with Gasteiger partial charge in [0.25, 0.3) is 5.91 Å². The molecule has 0 spiro atoms. The van der Waals surface area contributed by atoms with Gasteiger partial charge in [0.2, 0.25) is 0 Å². The monoisotopic (exact) mass is 396 g/mol. The van der Waals surface area contributed by atoms with E-state index >= 15 is 0 Å². The quantitative estimate of drug-likeness (QED) is 0.477. The van der Waals surface area contributed by atoms with Gasteiger partial charge in [-0.05, 0) is 43.9 Å². The van der Waals surface area contributed by atoms with Crippen molar-refractivity contribution in [3.05, 3.63) is 52.4 Å². The molecule has 1 amide bonds. The van der Waals surface area contributed by atoms with Crippen molar-refractivity contribution in [2.45, 2.75) is 25.8 Å². The third kappa shape index (κ3) is 3.45. The van der Waals surface area contributed by atoms with Gasteiger partial charge in [-0.25, -0.2) is 9.97 Å². The number of aromatic nitrogens is 3. The maximum atomic E-state index is 12.7. The first-order valence-corrected chi connectivity index (χ1v) is 9.57. The molecule has 1 aliphatic rings. The Morgan fingerprint density at radius 1 is 1.36 bits per heavy atom. The molecule has 7 nitrogen and oxygen atoms in total. The maximum absolute atomic E-state index is 12.7. The minimum Gasteiger partial charge on any atom is -0.388 e. The Balaban J connectivity index is 1.67. The highest BCUT2D eigenvalue weighted by atomic mass is 35.5. The van der Waals surface area contributed by atoms with E-state index in [0.717, 1.165) is 18.5 Å². The Morgan fingerprint density at radius 3 is 2.86 bits per heavy atom. The minimum absolute atomic E-state index is 0.138. The first-order chi connectivity index (χ1) is 13.5. The minimum atomic E-state index is -0.175. The number of amides is 1. The molecule has 0 radical (unpaired) electrons. The van der Waals surface area contributed by atoms with Crippen LogP contribution in [-0.4, -0.2) is 39.7 Å². The van der Waals surface area contributed by atoms with E-state index in [2.05, 4.69) is 25.6 Å². The number of nitrogens with zero attached hydrogens (tertiary/aromatic N) is 2. The average Bonchev–Trinajstić information content (AvgIpc) is 3.46. The largest absolute Gasteiger partial charge is 0.388 e. The van der Waals surface area contributed by atoms with Gasteiger partial charge in [-0.1, -0.05) is 11.6 Å². The molecule has 8 heteroatoms. The van der Waals surface area contributed by atoms with Gasteiger partial charge in [-0.2, -0.15) is 0 Å².